The van der Waals surface area contributed by atoms with Gasteiger partial charge in [-0.3, -0.25) is 9.69 Å². The van der Waals surface area contributed by atoms with Crippen LogP contribution in [0.25, 0.3) is 0 Å². The molecule has 2 aliphatic rings. The minimum Gasteiger partial charge on any atom is -0.352 e. The van der Waals surface area contributed by atoms with E-state index in [0.29, 0.717) is 12.0 Å². The third-order valence-electron chi connectivity index (χ3n) is 6.41. The van der Waals surface area contributed by atoms with Gasteiger partial charge in [0.2, 0.25) is 5.91 Å². The number of carbonyl (C=O) groups excluding carboxylic acids is 1. The summed E-state index contributed by atoms with van der Waals surface area (Å²) in [5, 5.41) is 6.59. The summed E-state index contributed by atoms with van der Waals surface area (Å²) < 4.78 is 0. The Morgan fingerprint density at radius 1 is 1.17 bits per heavy atom. The van der Waals surface area contributed by atoms with Gasteiger partial charge in [0.05, 0.1) is 6.04 Å². The number of nitrogens with one attached hydrogen (secondary N) is 2. The molecule has 1 aliphatic carbocycles. The van der Waals surface area contributed by atoms with Crippen molar-refractivity contribution in [2.45, 2.75) is 71.4 Å². The Bertz CT molecular complexity index is 372. The normalized spacial score (nSPS) is 30.4. The lowest BCUT2D eigenvalue weighted by molar-refractivity contribution is -0.128. The minimum atomic E-state index is 0. The predicted molar refractivity (Wildman–Crippen MR) is 104 cm³/mol. The zero-order chi connectivity index (χ0) is 16.8. The number of carbonyl (C=O) groups is 1. The molecule has 1 aliphatic heterocycles. The first-order valence-electron chi connectivity index (χ1n) is 9.72. The van der Waals surface area contributed by atoms with E-state index in [1.54, 1.807) is 0 Å². The van der Waals surface area contributed by atoms with Crippen LogP contribution in [0.2, 0.25) is 0 Å². The number of likely N-dealkylation sites (tertiary alicyclic amines) is 1. The van der Waals surface area contributed by atoms with Crippen LogP contribution < -0.4 is 10.6 Å². The van der Waals surface area contributed by atoms with E-state index < -0.39 is 0 Å². The molecule has 0 radical (unpaired) electrons. The maximum absolute atomic E-state index is 12.7. The van der Waals surface area contributed by atoms with Crippen molar-refractivity contribution in [1.82, 2.24) is 15.5 Å². The molecule has 4 unspecified atom stereocenters. The van der Waals surface area contributed by atoms with Gasteiger partial charge in [0.15, 0.2) is 0 Å². The number of amides is 1. The Morgan fingerprint density at radius 2 is 1.83 bits per heavy atom. The molecule has 142 valence electrons. The zero-order valence-electron chi connectivity index (χ0n) is 16.0. The summed E-state index contributed by atoms with van der Waals surface area (Å²) in [6.45, 7) is 9.95. The van der Waals surface area contributed by atoms with Crippen LogP contribution in [0, 0.1) is 17.8 Å². The first-order valence-corrected chi connectivity index (χ1v) is 9.72. The SMILES string of the molecule is CNCCC1CCN(C(C)C(=O)NC2CCCC(C)C2C)CC1.Cl. The highest BCUT2D eigenvalue weighted by Gasteiger charge is 2.31. The van der Waals surface area contributed by atoms with Gasteiger partial charge in [-0.2, -0.15) is 0 Å². The van der Waals surface area contributed by atoms with Gasteiger partial charge in [-0.05, 0) is 77.0 Å². The molecule has 2 fully saturated rings. The van der Waals surface area contributed by atoms with Crippen LogP contribution in [0.4, 0.5) is 0 Å². The van der Waals surface area contributed by atoms with Gasteiger partial charge in [-0.1, -0.05) is 26.7 Å². The number of hydrogen-bond acceptors (Lipinski definition) is 3. The number of rotatable bonds is 6. The van der Waals surface area contributed by atoms with E-state index in [-0.39, 0.29) is 24.4 Å². The van der Waals surface area contributed by atoms with Gasteiger partial charge < -0.3 is 10.6 Å². The van der Waals surface area contributed by atoms with Crippen molar-refractivity contribution in [2.24, 2.45) is 17.8 Å². The lowest BCUT2D eigenvalue weighted by Gasteiger charge is -2.38. The Balaban J connectivity index is 0.00000288. The van der Waals surface area contributed by atoms with Crippen LogP contribution in [-0.4, -0.2) is 49.6 Å². The van der Waals surface area contributed by atoms with Gasteiger partial charge in [-0.25, -0.2) is 0 Å². The van der Waals surface area contributed by atoms with E-state index in [0.717, 1.165) is 37.9 Å². The Labute approximate surface area is 154 Å². The van der Waals surface area contributed by atoms with Gasteiger partial charge in [0.1, 0.15) is 0 Å². The molecule has 24 heavy (non-hydrogen) atoms. The fourth-order valence-corrected chi connectivity index (χ4v) is 4.23. The third-order valence-corrected chi connectivity index (χ3v) is 6.41. The summed E-state index contributed by atoms with van der Waals surface area (Å²) in [5.41, 5.74) is 0. The average Bonchev–Trinajstić information content (AvgIpc) is 2.57. The summed E-state index contributed by atoms with van der Waals surface area (Å²) in [4.78, 5) is 15.0. The Kier molecular flexibility index (Phi) is 9.61. The molecular formula is C19H38ClN3O. The lowest BCUT2D eigenvalue weighted by Crippen LogP contribution is -2.53. The highest BCUT2D eigenvalue weighted by Crippen LogP contribution is 2.29. The Morgan fingerprint density at radius 3 is 2.46 bits per heavy atom. The zero-order valence-corrected chi connectivity index (χ0v) is 16.8. The summed E-state index contributed by atoms with van der Waals surface area (Å²) in [5.74, 6) is 2.40. The number of piperidine rings is 1. The highest BCUT2D eigenvalue weighted by molar-refractivity contribution is 5.85. The smallest absolute Gasteiger partial charge is 0.237 e. The molecule has 2 rings (SSSR count). The van der Waals surface area contributed by atoms with E-state index in [4.69, 9.17) is 0 Å². The van der Waals surface area contributed by atoms with E-state index >= 15 is 0 Å². The number of halogens is 1. The molecule has 1 heterocycles. The summed E-state index contributed by atoms with van der Waals surface area (Å²) in [6.07, 6.45) is 7.44. The minimum absolute atomic E-state index is 0. The largest absolute Gasteiger partial charge is 0.352 e. The maximum atomic E-state index is 12.7. The van der Waals surface area contributed by atoms with Crippen LogP contribution in [0.1, 0.15) is 59.3 Å². The summed E-state index contributed by atoms with van der Waals surface area (Å²) in [7, 11) is 2.02. The summed E-state index contributed by atoms with van der Waals surface area (Å²) in [6, 6.07) is 0.395. The molecule has 1 saturated heterocycles. The van der Waals surface area contributed by atoms with Crippen molar-refractivity contribution in [3.63, 3.8) is 0 Å². The average molecular weight is 360 g/mol. The highest BCUT2D eigenvalue weighted by atomic mass is 35.5. The molecule has 2 N–H and O–H groups in total. The van der Waals surface area contributed by atoms with Crippen molar-refractivity contribution in [2.75, 3.05) is 26.7 Å². The van der Waals surface area contributed by atoms with Gasteiger partial charge in [0, 0.05) is 6.04 Å². The third kappa shape index (κ3) is 5.89. The van der Waals surface area contributed by atoms with Crippen LogP contribution in [0.5, 0.6) is 0 Å². The molecule has 0 aromatic rings. The molecule has 5 heteroatoms. The first-order chi connectivity index (χ1) is 11.0. The van der Waals surface area contributed by atoms with Crippen molar-refractivity contribution >= 4 is 18.3 Å². The lowest BCUT2D eigenvalue weighted by atomic mass is 9.78. The van der Waals surface area contributed by atoms with Gasteiger partial charge in [-0.15, -0.1) is 12.4 Å². The fourth-order valence-electron chi connectivity index (χ4n) is 4.23. The van der Waals surface area contributed by atoms with Crippen molar-refractivity contribution in [1.29, 1.82) is 0 Å². The van der Waals surface area contributed by atoms with Gasteiger partial charge >= 0.3 is 0 Å². The molecule has 1 saturated carbocycles. The van der Waals surface area contributed by atoms with Crippen LogP contribution in [0.3, 0.4) is 0 Å². The number of nitrogens with zero attached hydrogens (tertiary/aromatic N) is 1. The predicted octanol–water partition coefficient (Wildman–Crippen LogP) is 3.06. The standard InChI is InChI=1S/C19H37N3O.ClH/c1-14-6-5-7-18(15(14)2)21-19(23)16(3)22-12-9-17(10-13-22)8-11-20-4;/h14-18,20H,5-13H2,1-4H3,(H,21,23);1H. The Hall–Kier alpha value is -0.320. The van der Waals surface area contributed by atoms with Crippen molar-refractivity contribution in [3.05, 3.63) is 0 Å². The van der Waals surface area contributed by atoms with E-state index in [1.165, 1.54) is 32.1 Å². The van der Waals surface area contributed by atoms with Crippen LogP contribution >= 0.6 is 12.4 Å². The topological polar surface area (TPSA) is 44.4 Å². The monoisotopic (exact) mass is 359 g/mol. The molecule has 1 amide bonds. The molecule has 0 aromatic carbocycles. The van der Waals surface area contributed by atoms with Gasteiger partial charge in [0.25, 0.3) is 0 Å². The second kappa shape index (κ2) is 10.6. The second-order valence-electron chi connectivity index (χ2n) is 7.93. The molecule has 0 spiro atoms. The molecular weight excluding hydrogens is 322 g/mol. The molecule has 4 nitrogen and oxygen atoms in total. The van der Waals surface area contributed by atoms with E-state index in [1.807, 2.05) is 7.05 Å². The van der Waals surface area contributed by atoms with E-state index in [2.05, 4.69) is 36.3 Å². The van der Waals surface area contributed by atoms with Crippen LogP contribution in [-0.2, 0) is 4.79 Å². The quantitative estimate of drug-likeness (QED) is 0.766. The summed E-state index contributed by atoms with van der Waals surface area (Å²) >= 11 is 0. The first kappa shape index (κ1) is 21.7. The van der Waals surface area contributed by atoms with E-state index in [9.17, 15) is 4.79 Å². The van der Waals surface area contributed by atoms with Crippen LogP contribution in [0.15, 0.2) is 0 Å². The fraction of sp³-hybridized carbons (Fsp3) is 0.947. The molecule has 0 aromatic heterocycles. The maximum Gasteiger partial charge on any atom is 0.237 e. The molecule has 4 atom stereocenters. The van der Waals surface area contributed by atoms with Crippen molar-refractivity contribution < 1.29 is 4.79 Å². The number of hydrogen-bond donors (Lipinski definition) is 2. The second-order valence-corrected chi connectivity index (χ2v) is 7.93. The molecule has 0 bridgehead atoms. The van der Waals surface area contributed by atoms with Crippen molar-refractivity contribution in [3.8, 4) is 0 Å².